The lowest BCUT2D eigenvalue weighted by Crippen LogP contribution is -2.27. The topological polar surface area (TPSA) is 46.9 Å². The molecule has 1 unspecified atom stereocenters. The molecule has 4 heteroatoms. The van der Waals surface area contributed by atoms with Crippen LogP contribution in [0.2, 0.25) is 0 Å². The summed E-state index contributed by atoms with van der Waals surface area (Å²) in [4.78, 5) is 11.1. The molecule has 0 saturated carbocycles. The Labute approximate surface area is 76.9 Å². The molecule has 0 aromatic carbocycles. The minimum absolute atomic E-state index is 0.0810. The lowest BCUT2D eigenvalue weighted by atomic mass is 9.86. The van der Waals surface area contributed by atoms with E-state index in [1.165, 1.54) is 0 Å². The molecule has 0 radical (unpaired) electrons. The third kappa shape index (κ3) is 1.22. The van der Waals surface area contributed by atoms with Crippen molar-refractivity contribution in [3.8, 4) is 0 Å². The number of aryl methyl sites for hydroxylation is 1. The first-order valence-electron chi connectivity index (χ1n) is 4.37. The Balaban J connectivity index is 2.35. The van der Waals surface area contributed by atoms with Crippen molar-refractivity contribution in [1.82, 2.24) is 15.1 Å². The highest BCUT2D eigenvalue weighted by molar-refractivity contribution is 5.80. The molecule has 1 fully saturated rings. The molecule has 2 heterocycles. The van der Waals surface area contributed by atoms with Crippen molar-refractivity contribution in [3.05, 3.63) is 18.0 Å². The molecule has 70 valence electrons. The number of hydrogen-bond donors (Lipinski definition) is 1. The van der Waals surface area contributed by atoms with Crippen LogP contribution in [-0.4, -0.2) is 22.2 Å². The minimum atomic E-state index is -0.0810. The van der Waals surface area contributed by atoms with Gasteiger partial charge in [-0.3, -0.25) is 9.48 Å². The third-order valence-corrected chi connectivity index (χ3v) is 2.67. The summed E-state index contributed by atoms with van der Waals surface area (Å²) in [5.74, 6) is 0.128. The zero-order valence-electron chi connectivity index (χ0n) is 7.87. The number of rotatable bonds is 1. The summed E-state index contributed by atoms with van der Waals surface area (Å²) in [5, 5.41) is 6.95. The molecule has 1 atom stereocenters. The van der Waals surface area contributed by atoms with Crippen LogP contribution in [0.25, 0.3) is 0 Å². The Morgan fingerprint density at radius 1 is 1.69 bits per heavy atom. The lowest BCUT2D eigenvalue weighted by Gasteiger charge is -2.21. The van der Waals surface area contributed by atoms with E-state index in [2.05, 4.69) is 17.3 Å². The second-order valence-corrected chi connectivity index (χ2v) is 3.85. The van der Waals surface area contributed by atoms with E-state index < -0.39 is 0 Å². The molecular weight excluding hydrogens is 166 g/mol. The van der Waals surface area contributed by atoms with Crippen molar-refractivity contribution in [1.29, 1.82) is 0 Å². The van der Waals surface area contributed by atoms with Gasteiger partial charge in [0.2, 0.25) is 5.91 Å². The number of hydrogen-bond acceptors (Lipinski definition) is 2. The first-order chi connectivity index (χ1) is 6.12. The summed E-state index contributed by atoms with van der Waals surface area (Å²) < 4.78 is 1.83. The Morgan fingerprint density at radius 2 is 2.46 bits per heavy atom. The third-order valence-electron chi connectivity index (χ3n) is 2.67. The van der Waals surface area contributed by atoms with E-state index in [-0.39, 0.29) is 11.3 Å². The first kappa shape index (κ1) is 8.29. The Bertz CT molecular complexity index is 344. The number of amides is 1. The highest BCUT2D eigenvalue weighted by Crippen LogP contribution is 2.29. The lowest BCUT2D eigenvalue weighted by molar-refractivity contribution is -0.119. The van der Waals surface area contributed by atoms with Gasteiger partial charge in [0.1, 0.15) is 0 Å². The Hall–Kier alpha value is -1.32. The van der Waals surface area contributed by atoms with Gasteiger partial charge in [0.15, 0.2) is 0 Å². The maximum absolute atomic E-state index is 11.1. The van der Waals surface area contributed by atoms with Crippen molar-refractivity contribution in [2.45, 2.75) is 18.8 Å². The van der Waals surface area contributed by atoms with Gasteiger partial charge >= 0.3 is 0 Å². The molecule has 1 aliphatic rings. The molecule has 0 bridgehead atoms. The van der Waals surface area contributed by atoms with Gasteiger partial charge in [-0.25, -0.2) is 0 Å². The minimum Gasteiger partial charge on any atom is -0.355 e. The van der Waals surface area contributed by atoms with Crippen molar-refractivity contribution in [2.24, 2.45) is 7.05 Å². The largest absolute Gasteiger partial charge is 0.355 e. The molecule has 1 saturated heterocycles. The summed E-state index contributed by atoms with van der Waals surface area (Å²) >= 11 is 0. The smallest absolute Gasteiger partial charge is 0.221 e. The highest BCUT2D eigenvalue weighted by Gasteiger charge is 2.37. The van der Waals surface area contributed by atoms with Crippen molar-refractivity contribution in [3.63, 3.8) is 0 Å². The maximum Gasteiger partial charge on any atom is 0.221 e. The van der Waals surface area contributed by atoms with Gasteiger partial charge < -0.3 is 5.32 Å². The van der Waals surface area contributed by atoms with Crippen LogP contribution in [0.3, 0.4) is 0 Å². The summed E-state index contributed by atoms with van der Waals surface area (Å²) in [5.41, 5.74) is 1.04. The van der Waals surface area contributed by atoms with Crippen molar-refractivity contribution < 1.29 is 4.79 Å². The van der Waals surface area contributed by atoms with E-state index in [9.17, 15) is 4.79 Å². The number of nitrogens with one attached hydrogen (secondary N) is 1. The molecule has 1 amide bonds. The zero-order chi connectivity index (χ0) is 9.47. The number of aromatic nitrogens is 2. The fourth-order valence-corrected chi connectivity index (χ4v) is 1.92. The predicted octanol–water partition coefficient (Wildman–Crippen LogP) is 0.198. The maximum atomic E-state index is 11.1. The first-order valence-corrected chi connectivity index (χ1v) is 4.37. The molecule has 1 aromatic rings. The van der Waals surface area contributed by atoms with Crippen LogP contribution < -0.4 is 5.32 Å². The van der Waals surface area contributed by atoms with E-state index >= 15 is 0 Å². The van der Waals surface area contributed by atoms with Crippen LogP contribution in [0.5, 0.6) is 0 Å². The summed E-state index contributed by atoms with van der Waals surface area (Å²) in [6, 6.07) is 1.97. The van der Waals surface area contributed by atoms with Crippen LogP contribution in [0.4, 0.5) is 0 Å². The monoisotopic (exact) mass is 179 g/mol. The van der Waals surface area contributed by atoms with Crippen LogP contribution >= 0.6 is 0 Å². The zero-order valence-corrected chi connectivity index (χ0v) is 7.87. The second kappa shape index (κ2) is 2.58. The quantitative estimate of drug-likeness (QED) is 0.669. The molecule has 13 heavy (non-hydrogen) atoms. The van der Waals surface area contributed by atoms with E-state index in [1.54, 1.807) is 6.20 Å². The molecule has 0 aliphatic carbocycles. The van der Waals surface area contributed by atoms with Gasteiger partial charge in [-0.15, -0.1) is 0 Å². The van der Waals surface area contributed by atoms with Gasteiger partial charge in [-0.05, 0) is 6.07 Å². The number of carbonyl (C=O) groups is 1. The molecule has 1 N–H and O–H groups in total. The fourth-order valence-electron chi connectivity index (χ4n) is 1.92. The molecule has 1 aliphatic heterocycles. The average Bonchev–Trinajstić information content (AvgIpc) is 2.59. The van der Waals surface area contributed by atoms with Crippen LogP contribution in [0.15, 0.2) is 12.3 Å². The SMILES string of the molecule is Cn1nccc1C1(C)CNC(=O)C1. The Morgan fingerprint density at radius 3 is 2.92 bits per heavy atom. The predicted molar refractivity (Wildman–Crippen MR) is 48.2 cm³/mol. The van der Waals surface area contributed by atoms with Crippen molar-refractivity contribution >= 4 is 5.91 Å². The van der Waals surface area contributed by atoms with E-state index in [4.69, 9.17) is 0 Å². The molecule has 1 aromatic heterocycles. The highest BCUT2D eigenvalue weighted by atomic mass is 16.1. The van der Waals surface area contributed by atoms with Crippen LogP contribution in [0, 0.1) is 0 Å². The van der Waals surface area contributed by atoms with Crippen LogP contribution in [0.1, 0.15) is 19.0 Å². The molecular formula is C9H13N3O. The summed E-state index contributed by atoms with van der Waals surface area (Å²) in [6.07, 6.45) is 2.33. The summed E-state index contributed by atoms with van der Waals surface area (Å²) in [6.45, 7) is 2.80. The van der Waals surface area contributed by atoms with Crippen molar-refractivity contribution in [2.75, 3.05) is 6.54 Å². The second-order valence-electron chi connectivity index (χ2n) is 3.85. The van der Waals surface area contributed by atoms with E-state index in [0.29, 0.717) is 13.0 Å². The van der Waals surface area contributed by atoms with Crippen LogP contribution in [-0.2, 0) is 17.3 Å². The van der Waals surface area contributed by atoms with E-state index in [0.717, 1.165) is 5.69 Å². The van der Waals surface area contributed by atoms with E-state index in [1.807, 2.05) is 17.8 Å². The fraction of sp³-hybridized carbons (Fsp3) is 0.556. The molecule has 0 spiro atoms. The standard InChI is InChI=1S/C9H13N3O/c1-9(5-8(13)10-6-9)7-3-4-11-12(7)2/h3-4H,5-6H2,1-2H3,(H,10,13). The number of nitrogens with zero attached hydrogens (tertiary/aromatic N) is 2. The van der Waals surface area contributed by atoms with Gasteiger partial charge in [0, 0.05) is 37.3 Å². The average molecular weight is 179 g/mol. The Kier molecular flexibility index (Phi) is 1.65. The summed E-state index contributed by atoms with van der Waals surface area (Å²) in [7, 11) is 1.91. The molecule has 4 nitrogen and oxygen atoms in total. The normalized spacial score (nSPS) is 27.7. The van der Waals surface area contributed by atoms with Gasteiger partial charge in [-0.2, -0.15) is 5.10 Å². The van der Waals surface area contributed by atoms with Gasteiger partial charge in [-0.1, -0.05) is 6.92 Å². The van der Waals surface area contributed by atoms with Gasteiger partial charge in [0.05, 0.1) is 0 Å². The number of carbonyl (C=O) groups excluding carboxylic acids is 1. The van der Waals surface area contributed by atoms with Gasteiger partial charge in [0.25, 0.3) is 0 Å². The molecule has 2 rings (SSSR count).